The molecule has 0 fully saturated rings. The van der Waals surface area contributed by atoms with Crippen molar-refractivity contribution >= 4 is 28.0 Å². The molecule has 2 rings (SSSR count). The van der Waals surface area contributed by atoms with Crippen LogP contribution in [0.1, 0.15) is 5.56 Å². The molecular formula is C11H9BrO4. The number of halogens is 1. The first-order valence-corrected chi connectivity index (χ1v) is 5.46. The van der Waals surface area contributed by atoms with Crippen molar-refractivity contribution in [2.75, 3.05) is 13.2 Å². The lowest BCUT2D eigenvalue weighted by Crippen LogP contribution is -2.15. The number of hydrogen-bond donors (Lipinski definition) is 1. The fourth-order valence-corrected chi connectivity index (χ4v) is 1.97. The molecule has 0 amide bonds. The van der Waals surface area contributed by atoms with Gasteiger partial charge in [0.15, 0.2) is 11.5 Å². The zero-order valence-electron chi connectivity index (χ0n) is 8.27. The van der Waals surface area contributed by atoms with E-state index in [1.54, 1.807) is 12.1 Å². The maximum absolute atomic E-state index is 10.4. The van der Waals surface area contributed by atoms with Crippen molar-refractivity contribution in [2.45, 2.75) is 0 Å². The Morgan fingerprint density at radius 2 is 2.12 bits per heavy atom. The number of ether oxygens (including phenoxy) is 2. The van der Waals surface area contributed by atoms with E-state index in [2.05, 4.69) is 15.9 Å². The zero-order valence-corrected chi connectivity index (χ0v) is 9.86. The topological polar surface area (TPSA) is 55.8 Å². The molecule has 0 aromatic heterocycles. The standard InChI is InChI=1S/C11H9BrO4/c12-8-5-7(1-2-10(13)14)6-9-11(8)16-4-3-15-9/h1-2,5-6H,3-4H2,(H,13,14)/b2-1+. The van der Waals surface area contributed by atoms with Gasteiger partial charge in [0.2, 0.25) is 0 Å². The molecule has 1 aromatic rings. The lowest BCUT2D eigenvalue weighted by atomic mass is 10.2. The van der Waals surface area contributed by atoms with Gasteiger partial charge < -0.3 is 14.6 Å². The predicted octanol–water partition coefficient (Wildman–Crippen LogP) is 2.32. The number of carboxylic acid groups (broad SMARTS) is 1. The largest absolute Gasteiger partial charge is 0.486 e. The minimum Gasteiger partial charge on any atom is -0.486 e. The second-order valence-corrected chi connectivity index (χ2v) is 4.05. The van der Waals surface area contributed by atoms with Crippen molar-refractivity contribution in [1.29, 1.82) is 0 Å². The Bertz CT molecular complexity index is 454. The van der Waals surface area contributed by atoms with Gasteiger partial charge in [-0.05, 0) is 39.7 Å². The normalized spacial score (nSPS) is 14.1. The number of carboxylic acids is 1. The number of hydrogen-bond acceptors (Lipinski definition) is 3. The van der Waals surface area contributed by atoms with Gasteiger partial charge in [-0.2, -0.15) is 0 Å². The highest BCUT2D eigenvalue weighted by atomic mass is 79.9. The lowest BCUT2D eigenvalue weighted by molar-refractivity contribution is -0.131. The third-order valence-electron chi connectivity index (χ3n) is 2.04. The van der Waals surface area contributed by atoms with E-state index in [1.165, 1.54) is 6.08 Å². The maximum atomic E-state index is 10.4. The summed E-state index contributed by atoms with van der Waals surface area (Å²) in [6, 6.07) is 3.53. The van der Waals surface area contributed by atoms with Crippen LogP contribution in [0.5, 0.6) is 11.5 Å². The van der Waals surface area contributed by atoms with Gasteiger partial charge in [-0.3, -0.25) is 0 Å². The molecule has 0 spiro atoms. The summed E-state index contributed by atoms with van der Waals surface area (Å²) >= 11 is 3.35. The van der Waals surface area contributed by atoms with E-state index in [4.69, 9.17) is 14.6 Å². The summed E-state index contributed by atoms with van der Waals surface area (Å²) in [7, 11) is 0. The molecule has 84 valence electrons. The first-order chi connectivity index (χ1) is 7.66. The molecular weight excluding hydrogens is 276 g/mol. The third kappa shape index (κ3) is 2.36. The molecule has 1 heterocycles. The second-order valence-electron chi connectivity index (χ2n) is 3.20. The Hall–Kier alpha value is -1.49. The van der Waals surface area contributed by atoms with Crippen LogP contribution in [0.3, 0.4) is 0 Å². The molecule has 16 heavy (non-hydrogen) atoms. The Morgan fingerprint density at radius 1 is 1.38 bits per heavy atom. The van der Waals surface area contributed by atoms with Gasteiger partial charge >= 0.3 is 5.97 Å². The highest BCUT2D eigenvalue weighted by Gasteiger charge is 2.15. The first-order valence-electron chi connectivity index (χ1n) is 4.67. The summed E-state index contributed by atoms with van der Waals surface area (Å²) < 4.78 is 11.6. The minimum atomic E-state index is -0.981. The Labute approximate surface area is 101 Å². The summed E-state index contributed by atoms with van der Waals surface area (Å²) in [6.45, 7) is 1.03. The van der Waals surface area contributed by atoms with Crippen molar-refractivity contribution in [3.63, 3.8) is 0 Å². The van der Waals surface area contributed by atoms with Gasteiger partial charge in [0.1, 0.15) is 13.2 Å². The monoisotopic (exact) mass is 284 g/mol. The SMILES string of the molecule is O=C(O)/C=C/c1cc(Br)c2c(c1)OCCO2. The van der Waals surface area contributed by atoms with E-state index in [0.29, 0.717) is 24.7 Å². The Balaban J connectivity index is 2.35. The molecule has 0 aliphatic carbocycles. The Kier molecular flexibility index (Phi) is 3.14. The lowest BCUT2D eigenvalue weighted by Gasteiger charge is -2.19. The van der Waals surface area contributed by atoms with Crippen molar-refractivity contribution in [3.05, 3.63) is 28.2 Å². The maximum Gasteiger partial charge on any atom is 0.328 e. The molecule has 0 saturated heterocycles. The van der Waals surface area contributed by atoms with Gasteiger partial charge in [-0.1, -0.05) is 0 Å². The molecule has 0 radical (unpaired) electrons. The summed E-state index contributed by atoms with van der Waals surface area (Å²) in [5, 5.41) is 8.53. The van der Waals surface area contributed by atoms with Crippen LogP contribution in [0.15, 0.2) is 22.7 Å². The van der Waals surface area contributed by atoms with Gasteiger partial charge in [-0.25, -0.2) is 4.79 Å². The molecule has 0 saturated carbocycles. The number of aliphatic carboxylic acids is 1. The molecule has 5 heteroatoms. The third-order valence-corrected chi connectivity index (χ3v) is 2.63. The van der Waals surface area contributed by atoms with E-state index in [-0.39, 0.29) is 0 Å². The molecule has 1 aliphatic heterocycles. The van der Waals surface area contributed by atoms with Crippen LogP contribution in [0.2, 0.25) is 0 Å². The molecule has 0 unspecified atom stereocenters. The first kappa shape index (κ1) is 11.0. The fourth-order valence-electron chi connectivity index (χ4n) is 1.39. The summed E-state index contributed by atoms with van der Waals surface area (Å²) in [6.07, 6.45) is 2.59. The van der Waals surface area contributed by atoms with Crippen LogP contribution < -0.4 is 9.47 Å². The predicted molar refractivity (Wildman–Crippen MR) is 61.8 cm³/mol. The van der Waals surface area contributed by atoms with E-state index in [1.807, 2.05) is 0 Å². The summed E-state index contributed by atoms with van der Waals surface area (Å²) in [4.78, 5) is 10.4. The molecule has 4 nitrogen and oxygen atoms in total. The zero-order chi connectivity index (χ0) is 11.5. The molecule has 0 atom stereocenters. The van der Waals surface area contributed by atoms with Gasteiger partial charge in [0.05, 0.1) is 4.47 Å². The van der Waals surface area contributed by atoms with E-state index < -0.39 is 5.97 Å². The summed E-state index contributed by atoms with van der Waals surface area (Å²) in [5.74, 6) is 0.315. The minimum absolute atomic E-state index is 0.505. The fraction of sp³-hybridized carbons (Fsp3) is 0.182. The van der Waals surface area contributed by atoms with Crippen LogP contribution in [-0.4, -0.2) is 24.3 Å². The number of fused-ring (bicyclic) bond motifs is 1. The quantitative estimate of drug-likeness (QED) is 0.847. The van der Waals surface area contributed by atoms with Crippen molar-refractivity contribution < 1.29 is 19.4 Å². The second kappa shape index (κ2) is 4.57. The van der Waals surface area contributed by atoms with Gasteiger partial charge in [-0.15, -0.1) is 0 Å². The number of carbonyl (C=O) groups is 1. The smallest absolute Gasteiger partial charge is 0.328 e. The van der Waals surface area contributed by atoms with E-state index in [0.717, 1.165) is 16.1 Å². The molecule has 1 aromatic carbocycles. The van der Waals surface area contributed by atoms with Crippen LogP contribution in [-0.2, 0) is 4.79 Å². The molecule has 1 aliphatic rings. The van der Waals surface area contributed by atoms with Crippen molar-refractivity contribution in [1.82, 2.24) is 0 Å². The van der Waals surface area contributed by atoms with Crippen molar-refractivity contribution in [2.24, 2.45) is 0 Å². The molecule has 0 bridgehead atoms. The van der Waals surface area contributed by atoms with Crippen molar-refractivity contribution in [3.8, 4) is 11.5 Å². The number of benzene rings is 1. The molecule has 1 N–H and O–H groups in total. The van der Waals surface area contributed by atoms with Gasteiger partial charge in [0.25, 0.3) is 0 Å². The highest BCUT2D eigenvalue weighted by Crippen LogP contribution is 2.38. The highest BCUT2D eigenvalue weighted by molar-refractivity contribution is 9.10. The average Bonchev–Trinajstić information content (AvgIpc) is 2.26. The van der Waals surface area contributed by atoms with Crippen LogP contribution >= 0.6 is 15.9 Å². The van der Waals surface area contributed by atoms with E-state index in [9.17, 15) is 4.79 Å². The number of rotatable bonds is 2. The average molecular weight is 285 g/mol. The van der Waals surface area contributed by atoms with Crippen LogP contribution in [0.4, 0.5) is 0 Å². The van der Waals surface area contributed by atoms with E-state index >= 15 is 0 Å². The van der Waals surface area contributed by atoms with Crippen LogP contribution in [0, 0.1) is 0 Å². The van der Waals surface area contributed by atoms with Gasteiger partial charge in [0, 0.05) is 6.08 Å². The van der Waals surface area contributed by atoms with Crippen LogP contribution in [0.25, 0.3) is 6.08 Å². The Morgan fingerprint density at radius 3 is 2.88 bits per heavy atom. The summed E-state index contributed by atoms with van der Waals surface area (Å²) in [5.41, 5.74) is 0.749.